The molecule has 0 saturated carbocycles. The smallest absolute Gasteiger partial charge is 0.338 e. The van der Waals surface area contributed by atoms with Crippen LogP contribution >= 0.6 is 24.2 Å². The molecule has 1 aromatic rings. The van der Waals surface area contributed by atoms with Crippen LogP contribution in [0, 0.1) is 0 Å². The Bertz CT molecular complexity index is 460. The van der Waals surface area contributed by atoms with Gasteiger partial charge < -0.3 is 9.84 Å². The molecule has 0 atom stereocenters. The average Bonchev–Trinajstić information content (AvgIpc) is 2.32. The summed E-state index contributed by atoms with van der Waals surface area (Å²) >= 11 is 9.45. The van der Waals surface area contributed by atoms with Crippen LogP contribution in [0.4, 0.5) is 0 Å². The highest BCUT2D eigenvalue weighted by Gasteiger charge is 2.07. The van der Waals surface area contributed by atoms with Gasteiger partial charge in [0.15, 0.2) is 0 Å². The minimum atomic E-state index is -0.787. The van der Waals surface area contributed by atoms with E-state index in [1.807, 2.05) is 0 Å². The fourth-order valence-corrected chi connectivity index (χ4v) is 1.18. The number of halogens is 1. The summed E-state index contributed by atoms with van der Waals surface area (Å²) in [7, 11) is 0. The van der Waals surface area contributed by atoms with Gasteiger partial charge in [-0.15, -0.1) is 0 Å². The summed E-state index contributed by atoms with van der Waals surface area (Å²) in [6, 6.07) is 6.79. The van der Waals surface area contributed by atoms with Gasteiger partial charge in [-0.05, 0) is 19.1 Å². The van der Waals surface area contributed by atoms with E-state index in [2.05, 4.69) is 19.2 Å². The molecule has 0 aliphatic rings. The minimum absolute atomic E-state index is 0.156. The topological polar surface area (TPSA) is 63.6 Å². The lowest BCUT2D eigenvalue weighted by Gasteiger charge is -2.04. The predicted octanol–water partition coefficient (Wildman–Crippen LogP) is 3.21. The number of para-hydroxylation sites is 1. The second kappa shape index (κ2) is 9.47. The summed E-state index contributed by atoms with van der Waals surface area (Å²) < 4.78 is 4.94. The number of ether oxygens (including phenoxy) is 1. The zero-order chi connectivity index (χ0) is 14.8. The third-order valence-electron chi connectivity index (χ3n) is 1.71. The van der Waals surface area contributed by atoms with Crippen molar-refractivity contribution in [2.45, 2.75) is 13.3 Å². The number of carboxylic acids is 1. The Labute approximate surface area is 122 Å². The molecular formula is C13H15ClO4S. The number of carboxylic acid groups (broad SMARTS) is 1. The Balaban J connectivity index is 0.000000459. The third-order valence-corrected chi connectivity index (χ3v) is 2.25. The van der Waals surface area contributed by atoms with Gasteiger partial charge >= 0.3 is 11.9 Å². The molecule has 1 aromatic carbocycles. The number of hydrogen-bond donors (Lipinski definition) is 2. The molecule has 1 N–H and O–H groups in total. The number of carbonyl (C=O) groups excluding carboxylic acids is 1. The lowest BCUT2D eigenvalue weighted by Crippen LogP contribution is -2.08. The van der Waals surface area contributed by atoms with E-state index in [0.29, 0.717) is 22.1 Å². The van der Waals surface area contributed by atoms with Gasteiger partial charge in [-0.25, -0.2) is 4.79 Å². The molecule has 0 unspecified atom stereocenters. The van der Waals surface area contributed by atoms with Crippen LogP contribution in [0.1, 0.15) is 13.3 Å². The Hall–Kier alpha value is -1.46. The molecule has 0 heterocycles. The minimum Gasteiger partial charge on any atom is -0.481 e. The highest BCUT2D eigenvalue weighted by atomic mass is 35.5. The van der Waals surface area contributed by atoms with Crippen molar-refractivity contribution in [2.24, 2.45) is 0 Å². The molecule has 6 heteroatoms. The molecule has 0 fully saturated rings. The summed E-state index contributed by atoms with van der Waals surface area (Å²) in [6.07, 6.45) is 0.156. The van der Waals surface area contributed by atoms with Gasteiger partial charge in [0.25, 0.3) is 0 Å². The first-order chi connectivity index (χ1) is 8.88. The molecule has 0 saturated heterocycles. The molecule has 0 aliphatic heterocycles. The highest BCUT2D eigenvalue weighted by molar-refractivity contribution is 7.80. The number of hydrogen-bond acceptors (Lipinski definition) is 4. The number of esters is 1. The van der Waals surface area contributed by atoms with Crippen LogP contribution in [0.5, 0.6) is 5.75 Å². The predicted molar refractivity (Wildman–Crippen MR) is 78.0 cm³/mol. The lowest BCUT2D eigenvalue weighted by molar-refractivity contribution is -0.136. The molecule has 0 radical (unpaired) electrons. The molecular weight excluding hydrogens is 288 g/mol. The molecule has 1 rings (SSSR count). The quantitative estimate of drug-likeness (QED) is 0.388. The van der Waals surface area contributed by atoms with Crippen LogP contribution in [-0.2, 0) is 9.59 Å². The standard InChI is InChI=1S/C10H9ClO2.C3H6O2S/c1-7(2)10(12)13-9-6-4-3-5-8(9)11;4-3(5)1-2-6/h3-6H,1H2,2H3;6H,1-2H2,(H,4,5). The maximum Gasteiger partial charge on any atom is 0.338 e. The Morgan fingerprint density at radius 3 is 2.37 bits per heavy atom. The van der Waals surface area contributed by atoms with Crippen molar-refractivity contribution < 1.29 is 19.4 Å². The molecule has 0 aromatic heterocycles. The van der Waals surface area contributed by atoms with E-state index in [1.165, 1.54) is 0 Å². The first-order valence-corrected chi connectivity index (χ1v) is 6.34. The van der Waals surface area contributed by atoms with Crippen LogP contribution in [0.15, 0.2) is 36.4 Å². The molecule has 104 valence electrons. The largest absolute Gasteiger partial charge is 0.481 e. The summed E-state index contributed by atoms with van der Waals surface area (Å²) in [5, 5.41) is 8.28. The first kappa shape index (κ1) is 17.5. The molecule has 0 aliphatic carbocycles. The van der Waals surface area contributed by atoms with Crippen LogP contribution < -0.4 is 4.74 Å². The van der Waals surface area contributed by atoms with Crippen LogP contribution in [0.25, 0.3) is 0 Å². The lowest BCUT2D eigenvalue weighted by atomic mass is 10.3. The number of aliphatic carboxylic acids is 1. The molecule has 4 nitrogen and oxygen atoms in total. The van der Waals surface area contributed by atoms with E-state index in [4.69, 9.17) is 21.4 Å². The normalized spacial score (nSPS) is 9.00. The summed E-state index contributed by atoms with van der Waals surface area (Å²) in [5.74, 6) is -0.467. The van der Waals surface area contributed by atoms with Crippen molar-refractivity contribution in [3.63, 3.8) is 0 Å². The van der Waals surface area contributed by atoms with Crippen LogP contribution in [0.2, 0.25) is 5.02 Å². The van der Waals surface area contributed by atoms with Crippen LogP contribution in [-0.4, -0.2) is 22.8 Å². The number of carbonyl (C=O) groups is 2. The van der Waals surface area contributed by atoms with Crippen molar-refractivity contribution >= 4 is 36.2 Å². The molecule has 0 bridgehead atoms. The van der Waals surface area contributed by atoms with Crippen LogP contribution in [0.3, 0.4) is 0 Å². The maximum absolute atomic E-state index is 11.1. The van der Waals surface area contributed by atoms with Gasteiger partial charge in [0.05, 0.1) is 11.4 Å². The monoisotopic (exact) mass is 302 g/mol. The third kappa shape index (κ3) is 8.29. The van der Waals surface area contributed by atoms with E-state index >= 15 is 0 Å². The zero-order valence-corrected chi connectivity index (χ0v) is 12.1. The second-order valence-corrected chi connectivity index (χ2v) is 4.32. The van der Waals surface area contributed by atoms with Crippen molar-refractivity contribution in [1.82, 2.24) is 0 Å². The van der Waals surface area contributed by atoms with Gasteiger partial charge in [-0.2, -0.15) is 12.6 Å². The van der Waals surface area contributed by atoms with E-state index in [9.17, 15) is 9.59 Å². The molecule has 0 amide bonds. The van der Waals surface area contributed by atoms with E-state index < -0.39 is 11.9 Å². The van der Waals surface area contributed by atoms with E-state index in [1.54, 1.807) is 31.2 Å². The molecule has 19 heavy (non-hydrogen) atoms. The van der Waals surface area contributed by atoms with Gasteiger partial charge in [0.1, 0.15) is 5.75 Å². The van der Waals surface area contributed by atoms with Crippen molar-refractivity contribution in [1.29, 1.82) is 0 Å². The Kier molecular flexibility index (Phi) is 8.74. The van der Waals surface area contributed by atoms with Gasteiger partial charge in [0.2, 0.25) is 0 Å². The summed E-state index contributed by atoms with van der Waals surface area (Å²) in [4.78, 5) is 20.6. The Morgan fingerprint density at radius 1 is 1.42 bits per heavy atom. The average molecular weight is 303 g/mol. The van der Waals surface area contributed by atoms with Gasteiger partial charge in [-0.3, -0.25) is 4.79 Å². The van der Waals surface area contributed by atoms with Crippen molar-refractivity contribution in [3.8, 4) is 5.75 Å². The highest BCUT2D eigenvalue weighted by Crippen LogP contribution is 2.23. The van der Waals surface area contributed by atoms with Crippen molar-refractivity contribution in [2.75, 3.05) is 5.75 Å². The number of rotatable bonds is 4. The summed E-state index contributed by atoms with van der Waals surface area (Å²) in [5.41, 5.74) is 0.347. The SMILES string of the molecule is C=C(C)C(=O)Oc1ccccc1Cl.O=C(O)CCS. The number of benzene rings is 1. The van der Waals surface area contributed by atoms with E-state index in [-0.39, 0.29) is 6.42 Å². The fourth-order valence-electron chi connectivity index (χ4n) is 0.810. The van der Waals surface area contributed by atoms with Crippen molar-refractivity contribution in [3.05, 3.63) is 41.4 Å². The summed E-state index contributed by atoms with van der Waals surface area (Å²) in [6.45, 7) is 5.05. The van der Waals surface area contributed by atoms with Gasteiger partial charge in [0, 0.05) is 11.3 Å². The van der Waals surface area contributed by atoms with Gasteiger partial charge in [-0.1, -0.05) is 30.3 Å². The molecule has 0 spiro atoms. The number of thiol groups is 1. The van der Waals surface area contributed by atoms with E-state index in [0.717, 1.165) is 0 Å². The maximum atomic E-state index is 11.1. The Morgan fingerprint density at radius 2 is 2.00 bits per heavy atom. The zero-order valence-electron chi connectivity index (χ0n) is 10.4. The first-order valence-electron chi connectivity index (χ1n) is 5.33. The second-order valence-electron chi connectivity index (χ2n) is 3.47. The fraction of sp³-hybridized carbons (Fsp3) is 0.231.